The molecule has 0 bridgehead atoms. The summed E-state index contributed by atoms with van der Waals surface area (Å²) in [6, 6.07) is 0. The van der Waals surface area contributed by atoms with Crippen molar-refractivity contribution in [3.8, 4) is 0 Å². The topological polar surface area (TPSA) is 41.3 Å². The maximum atomic E-state index is 5.23. The van der Waals surface area contributed by atoms with Crippen LogP contribution in [0.5, 0.6) is 0 Å². The molecule has 0 amide bonds. The normalized spacial score (nSPS) is 17.4. The van der Waals surface area contributed by atoms with Gasteiger partial charge in [-0.25, -0.2) is 0 Å². The SMILES string of the molecule is CNCCC1CCN(Cc2c(C)noc2C)CC1.Cl. The minimum atomic E-state index is 0. The van der Waals surface area contributed by atoms with Gasteiger partial charge in [-0.15, -0.1) is 12.4 Å². The zero-order chi connectivity index (χ0) is 13.0. The van der Waals surface area contributed by atoms with E-state index in [2.05, 4.69) is 15.4 Å². The van der Waals surface area contributed by atoms with Crippen molar-refractivity contribution in [1.29, 1.82) is 0 Å². The molecule has 5 heteroatoms. The highest BCUT2D eigenvalue weighted by Gasteiger charge is 2.20. The second-order valence-corrected chi connectivity index (χ2v) is 5.41. The summed E-state index contributed by atoms with van der Waals surface area (Å²) >= 11 is 0. The van der Waals surface area contributed by atoms with Crippen LogP contribution in [-0.2, 0) is 6.54 Å². The third-order valence-corrected chi connectivity index (χ3v) is 4.07. The number of likely N-dealkylation sites (tertiary alicyclic amines) is 1. The molecular formula is C14H26ClN3O. The molecule has 1 fully saturated rings. The first-order valence-electron chi connectivity index (χ1n) is 6.99. The van der Waals surface area contributed by atoms with Gasteiger partial charge in [0, 0.05) is 12.1 Å². The number of aromatic nitrogens is 1. The van der Waals surface area contributed by atoms with Crippen molar-refractivity contribution in [3.05, 3.63) is 17.0 Å². The zero-order valence-corrected chi connectivity index (χ0v) is 13.1. The lowest BCUT2D eigenvalue weighted by molar-refractivity contribution is 0.171. The molecule has 0 unspecified atom stereocenters. The summed E-state index contributed by atoms with van der Waals surface area (Å²) in [6.07, 6.45) is 3.96. The molecule has 2 heterocycles. The summed E-state index contributed by atoms with van der Waals surface area (Å²) in [5.41, 5.74) is 2.33. The van der Waals surface area contributed by atoms with Crippen molar-refractivity contribution in [3.63, 3.8) is 0 Å². The summed E-state index contributed by atoms with van der Waals surface area (Å²) in [5, 5.41) is 7.27. The molecule has 1 saturated heterocycles. The van der Waals surface area contributed by atoms with Crippen molar-refractivity contribution in [1.82, 2.24) is 15.4 Å². The number of halogens is 1. The van der Waals surface area contributed by atoms with E-state index < -0.39 is 0 Å². The average molecular weight is 288 g/mol. The molecule has 1 aliphatic rings. The van der Waals surface area contributed by atoms with Gasteiger partial charge in [0.1, 0.15) is 5.76 Å². The van der Waals surface area contributed by atoms with Gasteiger partial charge in [0.2, 0.25) is 0 Å². The van der Waals surface area contributed by atoms with Crippen LogP contribution in [0.15, 0.2) is 4.52 Å². The predicted octanol–water partition coefficient (Wildman–Crippen LogP) is 2.53. The highest BCUT2D eigenvalue weighted by molar-refractivity contribution is 5.85. The quantitative estimate of drug-likeness (QED) is 0.904. The average Bonchev–Trinajstić information content (AvgIpc) is 2.70. The van der Waals surface area contributed by atoms with Gasteiger partial charge in [-0.3, -0.25) is 4.90 Å². The van der Waals surface area contributed by atoms with Crippen LogP contribution in [0.2, 0.25) is 0 Å². The molecule has 1 aliphatic heterocycles. The molecule has 110 valence electrons. The van der Waals surface area contributed by atoms with Crippen LogP contribution in [0.3, 0.4) is 0 Å². The van der Waals surface area contributed by atoms with Gasteiger partial charge in [0.15, 0.2) is 0 Å². The lowest BCUT2D eigenvalue weighted by atomic mass is 9.93. The van der Waals surface area contributed by atoms with Crippen LogP contribution in [-0.4, -0.2) is 36.7 Å². The van der Waals surface area contributed by atoms with E-state index in [1.165, 1.54) is 37.9 Å². The summed E-state index contributed by atoms with van der Waals surface area (Å²) in [6.45, 7) is 8.60. The van der Waals surface area contributed by atoms with E-state index in [1.807, 2.05) is 20.9 Å². The lowest BCUT2D eigenvalue weighted by Crippen LogP contribution is -2.34. The van der Waals surface area contributed by atoms with E-state index in [-0.39, 0.29) is 12.4 Å². The van der Waals surface area contributed by atoms with E-state index in [0.717, 1.165) is 30.5 Å². The van der Waals surface area contributed by atoms with Gasteiger partial charge in [-0.1, -0.05) is 5.16 Å². The van der Waals surface area contributed by atoms with Crippen molar-refractivity contribution in [2.75, 3.05) is 26.7 Å². The molecule has 19 heavy (non-hydrogen) atoms. The fraction of sp³-hybridized carbons (Fsp3) is 0.786. The summed E-state index contributed by atoms with van der Waals surface area (Å²) in [7, 11) is 2.03. The lowest BCUT2D eigenvalue weighted by Gasteiger charge is -2.31. The molecule has 1 aromatic rings. The highest BCUT2D eigenvalue weighted by Crippen LogP contribution is 2.23. The largest absolute Gasteiger partial charge is 0.361 e. The molecule has 0 spiro atoms. The van der Waals surface area contributed by atoms with Crippen molar-refractivity contribution >= 4 is 12.4 Å². The first-order valence-corrected chi connectivity index (χ1v) is 6.99. The van der Waals surface area contributed by atoms with Gasteiger partial charge < -0.3 is 9.84 Å². The van der Waals surface area contributed by atoms with Gasteiger partial charge in [-0.2, -0.15) is 0 Å². The number of piperidine rings is 1. The van der Waals surface area contributed by atoms with Gasteiger partial charge in [-0.05, 0) is 65.7 Å². The number of nitrogens with one attached hydrogen (secondary N) is 1. The molecule has 0 aliphatic carbocycles. The van der Waals surface area contributed by atoms with Gasteiger partial charge >= 0.3 is 0 Å². The number of nitrogens with zero attached hydrogens (tertiary/aromatic N) is 2. The number of aryl methyl sites for hydroxylation is 2. The minimum absolute atomic E-state index is 0. The Balaban J connectivity index is 0.00000180. The zero-order valence-electron chi connectivity index (χ0n) is 12.2. The first-order chi connectivity index (χ1) is 8.70. The highest BCUT2D eigenvalue weighted by atomic mass is 35.5. The Bertz CT molecular complexity index is 353. The van der Waals surface area contributed by atoms with Crippen LogP contribution in [0.1, 0.15) is 36.3 Å². The summed E-state index contributed by atoms with van der Waals surface area (Å²) in [5.74, 6) is 1.88. The molecule has 0 aromatic carbocycles. The van der Waals surface area contributed by atoms with Crippen molar-refractivity contribution < 1.29 is 4.52 Å². The monoisotopic (exact) mass is 287 g/mol. The smallest absolute Gasteiger partial charge is 0.138 e. The Labute approximate surface area is 122 Å². The third kappa shape index (κ3) is 4.48. The van der Waals surface area contributed by atoms with Crippen LogP contribution in [0.25, 0.3) is 0 Å². The van der Waals surface area contributed by atoms with E-state index in [1.54, 1.807) is 0 Å². The van der Waals surface area contributed by atoms with Crippen LogP contribution in [0, 0.1) is 19.8 Å². The fourth-order valence-corrected chi connectivity index (χ4v) is 2.73. The molecule has 4 nitrogen and oxygen atoms in total. The van der Waals surface area contributed by atoms with Crippen LogP contribution >= 0.6 is 12.4 Å². The Morgan fingerprint density at radius 1 is 1.32 bits per heavy atom. The third-order valence-electron chi connectivity index (χ3n) is 4.07. The Morgan fingerprint density at radius 2 is 2.00 bits per heavy atom. The fourth-order valence-electron chi connectivity index (χ4n) is 2.73. The van der Waals surface area contributed by atoms with Crippen molar-refractivity contribution in [2.24, 2.45) is 5.92 Å². The van der Waals surface area contributed by atoms with Crippen LogP contribution in [0.4, 0.5) is 0 Å². The molecule has 0 atom stereocenters. The standard InChI is InChI=1S/C14H25N3O.ClH/c1-11-14(12(2)18-16-11)10-17-8-5-13(6-9-17)4-7-15-3;/h13,15H,4-10H2,1-3H3;1H. The second-order valence-electron chi connectivity index (χ2n) is 5.41. The van der Waals surface area contributed by atoms with E-state index in [9.17, 15) is 0 Å². The first kappa shape index (κ1) is 16.5. The van der Waals surface area contributed by atoms with Gasteiger partial charge in [0.25, 0.3) is 0 Å². The summed E-state index contributed by atoms with van der Waals surface area (Å²) < 4.78 is 5.23. The Morgan fingerprint density at radius 3 is 2.53 bits per heavy atom. The molecule has 0 saturated carbocycles. The maximum Gasteiger partial charge on any atom is 0.138 e. The maximum absolute atomic E-state index is 5.23. The van der Waals surface area contributed by atoms with E-state index in [4.69, 9.17) is 4.52 Å². The Hall–Kier alpha value is -0.580. The molecular weight excluding hydrogens is 262 g/mol. The number of rotatable bonds is 5. The van der Waals surface area contributed by atoms with Gasteiger partial charge in [0.05, 0.1) is 5.69 Å². The molecule has 2 rings (SSSR count). The van der Waals surface area contributed by atoms with Crippen molar-refractivity contribution in [2.45, 2.75) is 39.7 Å². The number of hydrogen-bond acceptors (Lipinski definition) is 4. The number of hydrogen-bond donors (Lipinski definition) is 1. The van der Waals surface area contributed by atoms with E-state index >= 15 is 0 Å². The molecule has 1 N–H and O–H groups in total. The van der Waals surface area contributed by atoms with Crippen LogP contribution < -0.4 is 5.32 Å². The van der Waals surface area contributed by atoms with E-state index in [0.29, 0.717) is 0 Å². The molecule has 0 radical (unpaired) electrons. The predicted molar refractivity (Wildman–Crippen MR) is 79.8 cm³/mol. The minimum Gasteiger partial charge on any atom is -0.361 e. The second kappa shape index (κ2) is 7.88. The summed E-state index contributed by atoms with van der Waals surface area (Å²) in [4.78, 5) is 2.53. The Kier molecular flexibility index (Phi) is 6.83. The molecule has 1 aromatic heterocycles.